The van der Waals surface area contributed by atoms with E-state index >= 15 is 0 Å². The molecule has 0 aromatic heterocycles. The number of guanidine groups is 1. The normalized spacial score (nSPS) is 11.9. The molecule has 0 radical (unpaired) electrons. The maximum absolute atomic E-state index is 11.4. The molecule has 0 aliphatic heterocycles. The molecule has 7 heteroatoms. The lowest BCUT2D eigenvalue weighted by Crippen LogP contribution is -2.40. The third-order valence-electron chi connectivity index (χ3n) is 2.54. The van der Waals surface area contributed by atoms with Crippen LogP contribution in [0, 0.1) is 5.92 Å². The van der Waals surface area contributed by atoms with E-state index in [1.807, 2.05) is 0 Å². The summed E-state index contributed by atoms with van der Waals surface area (Å²) in [5.74, 6) is 1.55. The second-order valence-electron chi connectivity index (χ2n) is 4.75. The van der Waals surface area contributed by atoms with E-state index in [1.165, 1.54) is 0 Å². The zero-order valence-electron chi connectivity index (χ0n) is 12.7. The van der Waals surface area contributed by atoms with Gasteiger partial charge in [-0.3, -0.25) is 4.99 Å². The van der Waals surface area contributed by atoms with Gasteiger partial charge in [-0.1, -0.05) is 26.8 Å². The maximum Gasteiger partial charge on any atom is 0.191 e. The predicted molar refractivity (Wildman–Crippen MR) is 97.7 cm³/mol. The van der Waals surface area contributed by atoms with Crippen molar-refractivity contribution in [3.8, 4) is 0 Å². The first-order chi connectivity index (χ1) is 8.91. The van der Waals surface area contributed by atoms with Crippen molar-refractivity contribution in [2.24, 2.45) is 10.9 Å². The second-order valence-corrected chi connectivity index (χ2v) is 7.22. The maximum atomic E-state index is 11.4. The standard InChI is InChI=1S/C13H27N3O2S.HI/c1-5-8-14-13(15-9-7-12(3)4)16-10-11-19(17,18)6-2;/h5,12H,1,6-11H2,2-4H3,(H2,14,15,16);1H. The molecule has 0 fully saturated rings. The molecule has 0 rings (SSSR count). The van der Waals surface area contributed by atoms with Gasteiger partial charge in [0.25, 0.3) is 0 Å². The van der Waals surface area contributed by atoms with Crippen molar-refractivity contribution in [3.05, 3.63) is 12.7 Å². The van der Waals surface area contributed by atoms with Gasteiger partial charge in [0, 0.05) is 25.4 Å². The fourth-order valence-corrected chi connectivity index (χ4v) is 1.95. The van der Waals surface area contributed by atoms with Crippen molar-refractivity contribution in [2.45, 2.75) is 27.2 Å². The van der Waals surface area contributed by atoms with E-state index in [0.29, 0.717) is 25.0 Å². The summed E-state index contributed by atoms with van der Waals surface area (Å²) in [6, 6.07) is 0. The molecule has 2 N–H and O–H groups in total. The van der Waals surface area contributed by atoms with Gasteiger partial charge in [-0.25, -0.2) is 8.42 Å². The van der Waals surface area contributed by atoms with Crippen molar-refractivity contribution < 1.29 is 8.42 Å². The van der Waals surface area contributed by atoms with Crippen LogP contribution >= 0.6 is 24.0 Å². The molecule has 0 bridgehead atoms. The van der Waals surface area contributed by atoms with Crippen molar-refractivity contribution in [1.82, 2.24) is 10.6 Å². The molecule has 0 aromatic carbocycles. The van der Waals surface area contributed by atoms with Gasteiger partial charge < -0.3 is 10.6 Å². The van der Waals surface area contributed by atoms with Crippen LogP contribution in [0.2, 0.25) is 0 Å². The Labute approximate surface area is 140 Å². The van der Waals surface area contributed by atoms with Crippen LogP contribution in [0.5, 0.6) is 0 Å². The highest BCUT2D eigenvalue weighted by Gasteiger charge is 2.07. The molecule has 0 atom stereocenters. The molecule has 0 heterocycles. The molecule has 0 saturated carbocycles. The summed E-state index contributed by atoms with van der Waals surface area (Å²) in [5.41, 5.74) is 0. The summed E-state index contributed by atoms with van der Waals surface area (Å²) in [5, 5.41) is 6.10. The van der Waals surface area contributed by atoms with Crippen LogP contribution in [0.3, 0.4) is 0 Å². The Bertz CT molecular complexity index is 381. The van der Waals surface area contributed by atoms with Crippen LogP contribution < -0.4 is 10.6 Å². The number of aliphatic imine (C=N–C) groups is 1. The van der Waals surface area contributed by atoms with Crippen LogP contribution in [0.15, 0.2) is 17.6 Å². The van der Waals surface area contributed by atoms with E-state index < -0.39 is 9.84 Å². The lowest BCUT2D eigenvalue weighted by atomic mass is 10.1. The summed E-state index contributed by atoms with van der Waals surface area (Å²) in [7, 11) is -2.94. The molecule has 0 aromatic rings. The molecule has 0 aliphatic carbocycles. The van der Waals surface area contributed by atoms with Gasteiger partial charge in [0.05, 0.1) is 5.75 Å². The molecule has 0 saturated heterocycles. The van der Waals surface area contributed by atoms with Gasteiger partial charge >= 0.3 is 0 Å². The van der Waals surface area contributed by atoms with Crippen molar-refractivity contribution in [2.75, 3.05) is 31.1 Å². The molecule has 120 valence electrons. The predicted octanol–water partition coefficient (Wildman–Crippen LogP) is 1.81. The smallest absolute Gasteiger partial charge is 0.191 e. The lowest BCUT2D eigenvalue weighted by molar-refractivity contribution is 0.593. The third kappa shape index (κ3) is 12.7. The lowest BCUT2D eigenvalue weighted by Gasteiger charge is -2.11. The fraction of sp³-hybridized carbons (Fsp3) is 0.769. The molecule has 5 nitrogen and oxygen atoms in total. The Kier molecular flexibility index (Phi) is 13.7. The topological polar surface area (TPSA) is 70.6 Å². The number of hydrogen-bond donors (Lipinski definition) is 2. The molecule has 0 spiro atoms. The monoisotopic (exact) mass is 417 g/mol. The molecular formula is C13H28IN3O2S. The number of sulfone groups is 1. The van der Waals surface area contributed by atoms with Gasteiger partial charge in [-0.05, 0) is 12.3 Å². The van der Waals surface area contributed by atoms with Gasteiger partial charge in [-0.2, -0.15) is 0 Å². The summed E-state index contributed by atoms with van der Waals surface area (Å²) < 4.78 is 22.8. The average Bonchev–Trinajstić information content (AvgIpc) is 2.34. The highest BCUT2D eigenvalue weighted by Crippen LogP contribution is 1.98. The van der Waals surface area contributed by atoms with E-state index in [0.717, 1.165) is 13.0 Å². The molecule has 0 aliphatic rings. The van der Waals surface area contributed by atoms with Gasteiger partial charge in [-0.15, -0.1) is 30.6 Å². The largest absolute Gasteiger partial charge is 0.355 e. The average molecular weight is 417 g/mol. The first-order valence-electron chi connectivity index (χ1n) is 6.74. The van der Waals surface area contributed by atoms with Crippen LogP contribution in [0.4, 0.5) is 0 Å². The summed E-state index contributed by atoms with van der Waals surface area (Å²) in [4.78, 5) is 4.40. The highest BCUT2D eigenvalue weighted by molar-refractivity contribution is 14.0. The number of rotatable bonds is 9. The minimum atomic E-state index is -2.94. The summed E-state index contributed by atoms with van der Waals surface area (Å²) in [6.45, 7) is 11.3. The van der Waals surface area contributed by atoms with Crippen LogP contribution in [-0.4, -0.2) is 45.5 Å². The minimum Gasteiger partial charge on any atom is -0.355 e. The van der Waals surface area contributed by atoms with E-state index in [-0.39, 0.29) is 35.5 Å². The summed E-state index contributed by atoms with van der Waals surface area (Å²) >= 11 is 0. The number of nitrogens with one attached hydrogen (secondary N) is 2. The van der Waals surface area contributed by atoms with Crippen LogP contribution in [0.25, 0.3) is 0 Å². The van der Waals surface area contributed by atoms with Crippen molar-refractivity contribution in [1.29, 1.82) is 0 Å². The Morgan fingerprint density at radius 1 is 1.35 bits per heavy atom. The summed E-state index contributed by atoms with van der Waals surface area (Å²) in [6.07, 6.45) is 2.75. The Morgan fingerprint density at radius 3 is 2.50 bits per heavy atom. The first-order valence-corrected chi connectivity index (χ1v) is 8.57. The van der Waals surface area contributed by atoms with Crippen molar-refractivity contribution >= 4 is 39.8 Å². The van der Waals surface area contributed by atoms with E-state index in [2.05, 4.69) is 36.1 Å². The molecule has 20 heavy (non-hydrogen) atoms. The molecule has 0 unspecified atom stereocenters. The number of halogens is 1. The highest BCUT2D eigenvalue weighted by atomic mass is 127. The SMILES string of the molecule is C=CCNC(=NCCC(C)C)NCCS(=O)(=O)CC.I. The van der Waals surface area contributed by atoms with Gasteiger partial charge in [0.1, 0.15) is 0 Å². The zero-order chi connectivity index (χ0) is 14.7. The minimum absolute atomic E-state index is 0. The number of nitrogens with zero attached hydrogens (tertiary/aromatic N) is 1. The van der Waals surface area contributed by atoms with Gasteiger partial charge in [0.15, 0.2) is 15.8 Å². The van der Waals surface area contributed by atoms with Crippen molar-refractivity contribution in [3.63, 3.8) is 0 Å². The van der Waals surface area contributed by atoms with Crippen LogP contribution in [-0.2, 0) is 9.84 Å². The fourth-order valence-electron chi connectivity index (χ4n) is 1.25. The zero-order valence-corrected chi connectivity index (χ0v) is 15.8. The Hall–Kier alpha value is -0.310. The molecular weight excluding hydrogens is 389 g/mol. The Morgan fingerprint density at radius 2 is 2.00 bits per heavy atom. The van der Waals surface area contributed by atoms with Gasteiger partial charge in [0.2, 0.25) is 0 Å². The molecule has 0 amide bonds. The van der Waals surface area contributed by atoms with E-state index in [9.17, 15) is 8.42 Å². The quantitative estimate of drug-likeness (QED) is 0.260. The van der Waals surface area contributed by atoms with E-state index in [1.54, 1.807) is 13.0 Å². The first kappa shape index (κ1) is 22.0. The third-order valence-corrected chi connectivity index (χ3v) is 4.24. The number of hydrogen-bond acceptors (Lipinski definition) is 3. The Balaban J connectivity index is 0. The van der Waals surface area contributed by atoms with E-state index in [4.69, 9.17) is 0 Å². The van der Waals surface area contributed by atoms with Crippen LogP contribution in [0.1, 0.15) is 27.2 Å². The second kappa shape index (κ2) is 12.4.